The van der Waals surface area contributed by atoms with Gasteiger partial charge in [0.05, 0.1) is 13.0 Å². The van der Waals surface area contributed by atoms with Crippen LogP contribution in [0.4, 0.5) is 0 Å². The largest absolute Gasteiger partial charge is 0.466 e. The SMILES string of the molecule is C/C=C(/C(=O)OCCC(=O)OCC)C(C)C. The molecule has 0 aliphatic heterocycles. The van der Waals surface area contributed by atoms with Crippen molar-refractivity contribution in [1.82, 2.24) is 0 Å². The maximum absolute atomic E-state index is 11.5. The van der Waals surface area contributed by atoms with Crippen molar-refractivity contribution in [2.45, 2.75) is 34.1 Å². The quantitative estimate of drug-likeness (QED) is 0.516. The fourth-order valence-corrected chi connectivity index (χ4v) is 1.23. The predicted octanol–water partition coefficient (Wildman–Crippen LogP) is 2.09. The molecule has 0 spiro atoms. The summed E-state index contributed by atoms with van der Waals surface area (Å²) in [6, 6.07) is 0. The number of allylic oxidation sites excluding steroid dienone is 1. The van der Waals surface area contributed by atoms with Gasteiger partial charge in [0.25, 0.3) is 0 Å². The van der Waals surface area contributed by atoms with Crippen LogP contribution in [0.3, 0.4) is 0 Å². The zero-order valence-electron chi connectivity index (χ0n) is 10.4. The summed E-state index contributed by atoms with van der Waals surface area (Å²) in [5.41, 5.74) is 0.629. The molecule has 0 fully saturated rings. The smallest absolute Gasteiger partial charge is 0.333 e. The van der Waals surface area contributed by atoms with Crippen molar-refractivity contribution in [3.05, 3.63) is 11.6 Å². The van der Waals surface area contributed by atoms with Crippen LogP contribution in [0.15, 0.2) is 11.6 Å². The summed E-state index contributed by atoms with van der Waals surface area (Å²) in [7, 11) is 0. The van der Waals surface area contributed by atoms with E-state index < -0.39 is 0 Å². The van der Waals surface area contributed by atoms with Crippen LogP contribution in [0.25, 0.3) is 0 Å². The van der Waals surface area contributed by atoms with Gasteiger partial charge >= 0.3 is 11.9 Å². The highest BCUT2D eigenvalue weighted by Crippen LogP contribution is 2.11. The number of carbonyl (C=O) groups is 2. The first kappa shape index (κ1) is 14.7. The van der Waals surface area contributed by atoms with Crippen molar-refractivity contribution < 1.29 is 19.1 Å². The van der Waals surface area contributed by atoms with Crippen LogP contribution in [-0.4, -0.2) is 25.2 Å². The van der Waals surface area contributed by atoms with Gasteiger partial charge in [-0.1, -0.05) is 19.9 Å². The Labute approximate surface area is 96.6 Å². The summed E-state index contributed by atoms with van der Waals surface area (Å²) < 4.78 is 9.68. The Morgan fingerprint density at radius 1 is 1.25 bits per heavy atom. The van der Waals surface area contributed by atoms with Gasteiger partial charge in [0.2, 0.25) is 0 Å². The molecule has 0 atom stereocenters. The molecule has 4 nitrogen and oxygen atoms in total. The monoisotopic (exact) mass is 228 g/mol. The Balaban J connectivity index is 3.94. The summed E-state index contributed by atoms with van der Waals surface area (Å²) >= 11 is 0. The molecular weight excluding hydrogens is 208 g/mol. The van der Waals surface area contributed by atoms with Crippen LogP contribution < -0.4 is 0 Å². The van der Waals surface area contributed by atoms with E-state index in [9.17, 15) is 9.59 Å². The molecule has 4 heteroatoms. The van der Waals surface area contributed by atoms with Gasteiger partial charge in [-0.3, -0.25) is 4.79 Å². The Bertz CT molecular complexity index is 266. The van der Waals surface area contributed by atoms with Crippen molar-refractivity contribution in [3.8, 4) is 0 Å². The second kappa shape index (κ2) is 7.91. The highest BCUT2D eigenvalue weighted by atomic mass is 16.5. The Kier molecular flexibility index (Phi) is 7.25. The van der Waals surface area contributed by atoms with Crippen molar-refractivity contribution in [3.63, 3.8) is 0 Å². The van der Waals surface area contributed by atoms with Crippen molar-refractivity contribution in [2.75, 3.05) is 13.2 Å². The fourth-order valence-electron chi connectivity index (χ4n) is 1.23. The number of hydrogen-bond acceptors (Lipinski definition) is 4. The van der Waals surface area contributed by atoms with E-state index in [2.05, 4.69) is 0 Å². The topological polar surface area (TPSA) is 52.6 Å². The minimum absolute atomic E-state index is 0.0712. The van der Waals surface area contributed by atoms with Crippen LogP contribution in [-0.2, 0) is 19.1 Å². The number of esters is 2. The van der Waals surface area contributed by atoms with Crippen molar-refractivity contribution in [2.24, 2.45) is 5.92 Å². The number of ether oxygens (including phenoxy) is 2. The molecule has 0 aromatic carbocycles. The highest BCUT2D eigenvalue weighted by molar-refractivity contribution is 5.88. The van der Waals surface area contributed by atoms with E-state index in [0.717, 1.165) is 0 Å². The van der Waals surface area contributed by atoms with Crippen LogP contribution >= 0.6 is 0 Å². The normalized spacial score (nSPS) is 11.4. The van der Waals surface area contributed by atoms with Crippen LogP contribution in [0.2, 0.25) is 0 Å². The minimum atomic E-state index is -0.359. The zero-order chi connectivity index (χ0) is 12.6. The van der Waals surface area contributed by atoms with Crippen LogP contribution in [0.5, 0.6) is 0 Å². The molecule has 0 radical (unpaired) electrons. The minimum Gasteiger partial charge on any atom is -0.466 e. The Morgan fingerprint density at radius 3 is 2.31 bits per heavy atom. The number of carbonyl (C=O) groups excluding carboxylic acids is 2. The molecule has 0 aromatic heterocycles. The first-order valence-electron chi connectivity index (χ1n) is 5.51. The molecule has 0 aromatic rings. The second-order valence-electron chi connectivity index (χ2n) is 3.59. The van der Waals surface area contributed by atoms with Gasteiger partial charge in [-0.15, -0.1) is 0 Å². The molecule has 0 saturated carbocycles. The molecule has 0 rings (SSSR count). The van der Waals surface area contributed by atoms with E-state index in [1.165, 1.54) is 0 Å². The maximum Gasteiger partial charge on any atom is 0.333 e. The van der Waals surface area contributed by atoms with E-state index in [1.54, 1.807) is 19.9 Å². The Hall–Kier alpha value is -1.32. The van der Waals surface area contributed by atoms with E-state index in [0.29, 0.717) is 12.2 Å². The third kappa shape index (κ3) is 5.53. The zero-order valence-corrected chi connectivity index (χ0v) is 10.4. The number of hydrogen-bond donors (Lipinski definition) is 0. The lowest BCUT2D eigenvalue weighted by Crippen LogP contribution is -2.15. The number of rotatable bonds is 6. The molecule has 0 heterocycles. The van der Waals surface area contributed by atoms with Gasteiger partial charge in [-0.2, -0.15) is 0 Å². The lowest BCUT2D eigenvalue weighted by atomic mass is 10.0. The highest BCUT2D eigenvalue weighted by Gasteiger charge is 2.14. The van der Waals surface area contributed by atoms with E-state index in [4.69, 9.17) is 9.47 Å². The fraction of sp³-hybridized carbons (Fsp3) is 0.667. The lowest BCUT2D eigenvalue weighted by Gasteiger charge is -2.10. The van der Waals surface area contributed by atoms with E-state index >= 15 is 0 Å². The molecular formula is C12H20O4. The first-order chi connectivity index (χ1) is 7.52. The van der Waals surface area contributed by atoms with Gasteiger partial charge in [0.1, 0.15) is 6.61 Å². The lowest BCUT2D eigenvalue weighted by molar-refractivity contribution is -0.147. The third-order valence-electron chi connectivity index (χ3n) is 2.01. The van der Waals surface area contributed by atoms with Gasteiger partial charge in [0.15, 0.2) is 0 Å². The van der Waals surface area contributed by atoms with Gasteiger partial charge in [-0.05, 0) is 19.8 Å². The van der Waals surface area contributed by atoms with Gasteiger partial charge < -0.3 is 9.47 Å². The standard InChI is InChI=1S/C12H20O4/c1-5-10(9(3)4)12(14)16-8-7-11(13)15-6-2/h5,9H,6-8H2,1-4H3/b10-5+. The summed E-state index contributed by atoms with van der Waals surface area (Å²) in [4.78, 5) is 22.5. The van der Waals surface area contributed by atoms with Gasteiger partial charge in [0, 0.05) is 5.57 Å². The predicted molar refractivity (Wildman–Crippen MR) is 60.8 cm³/mol. The summed E-state index contributed by atoms with van der Waals surface area (Å²) in [5.74, 6) is -0.580. The molecule has 0 amide bonds. The summed E-state index contributed by atoms with van der Waals surface area (Å²) in [5, 5.41) is 0. The van der Waals surface area contributed by atoms with Crippen molar-refractivity contribution >= 4 is 11.9 Å². The molecule has 0 aliphatic rings. The van der Waals surface area contributed by atoms with Crippen LogP contribution in [0.1, 0.15) is 34.1 Å². The average molecular weight is 228 g/mol. The van der Waals surface area contributed by atoms with E-state index in [-0.39, 0.29) is 30.9 Å². The molecule has 0 bridgehead atoms. The molecule has 92 valence electrons. The molecule has 0 saturated heterocycles. The van der Waals surface area contributed by atoms with Crippen molar-refractivity contribution in [1.29, 1.82) is 0 Å². The molecule has 0 aliphatic carbocycles. The molecule has 16 heavy (non-hydrogen) atoms. The molecule has 0 N–H and O–H groups in total. The molecule has 0 unspecified atom stereocenters. The second-order valence-corrected chi connectivity index (χ2v) is 3.59. The van der Waals surface area contributed by atoms with E-state index in [1.807, 2.05) is 13.8 Å². The Morgan fingerprint density at radius 2 is 1.88 bits per heavy atom. The van der Waals surface area contributed by atoms with Crippen LogP contribution in [0, 0.1) is 5.92 Å². The summed E-state index contributed by atoms with van der Waals surface area (Å²) in [6.07, 6.45) is 1.84. The first-order valence-corrected chi connectivity index (χ1v) is 5.51. The summed E-state index contributed by atoms with van der Waals surface area (Å²) in [6.45, 7) is 7.78. The maximum atomic E-state index is 11.5. The average Bonchev–Trinajstić information content (AvgIpc) is 2.18. The van der Waals surface area contributed by atoms with Gasteiger partial charge in [-0.25, -0.2) is 4.79 Å². The third-order valence-corrected chi connectivity index (χ3v) is 2.01.